The van der Waals surface area contributed by atoms with Gasteiger partial charge in [0.1, 0.15) is 0 Å². The van der Waals surface area contributed by atoms with Crippen LogP contribution in [0.3, 0.4) is 0 Å². The molecule has 0 aromatic carbocycles. The van der Waals surface area contributed by atoms with E-state index >= 15 is 0 Å². The zero-order valence-corrected chi connectivity index (χ0v) is 12.3. The fraction of sp³-hybridized carbons (Fsp3) is 0.846. The second-order valence-electron chi connectivity index (χ2n) is 5.31. The smallest absolute Gasteiger partial charge is 0.241 e. The molecule has 6 heteroatoms. The summed E-state index contributed by atoms with van der Waals surface area (Å²) in [5.41, 5.74) is 5.84. The van der Waals surface area contributed by atoms with Crippen LogP contribution in [0.15, 0.2) is 0 Å². The lowest BCUT2D eigenvalue weighted by molar-refractivity contribution is -0.139. The zero-order chi connectivity index (χ0) is 14.4. The molecule has 1 heterocycles. The van der Waals surface area contributed by atoms with Gasteiger partial charge in [0.05, 0.1) is 13.1 Å². The van der Waals surface area contributed by atoms with E-state index < -0.39 is 0 Å². The van der Waals surface area contributed by atoms with Gasteiger partial charge in [0.25, 0.3) is 0 Å². The van der Waals surface area contributed by atoms with Gasteiger partial charge in [-0.25, -0.2) is 0 Å². The molecule has 1 aliphatic heterocycles. The Bertz CT molecular complexity index is 312. The molecule has 0 spiro atoms. The molecule has 110 valence electrons. The Labute approximate surface area is 115 Å². The van der Waals surface area contributed by atoms with Crippen molar-refractivity contribution in [3.8, 4) is 0 Å². The normalized spacial score (nSPS) is 17.3. The Kier molecular flexibility index (Phi) is 6.24. The molecule has 0 aromatic heterocycles. The minimum atomic E-state index is -0.0455. The van der Waals surface area contributed by atoms with E-state index in [4.69, 9.17) is 5.73 Å². The molecule has 1 aliphatic rings. The van der Waals surface area contributed by atoms with Gasteiger partial charge in [0.2, 0.25) is 11.8 Å². The van der Waals surface area contributed by atoms with Gasteiger partial charge in [-0.2, -0.15) is 0 Å². The van der Waals surface area contributed by atoms with Crippen molar-refractivity contribution in [3.63, 3.8) is 0 Å². The highest BCUT2D eigenvalue weighted by Crippen LogP contribution is 2.08. The van der Waals surface area contributed by atoms with Crippen LogP contribution in [0.2, 0.25) is 0 Å². The fourth-order valence-electron chi connectivity index (χ4n) is 2.08. The topological polar surface area (TPSA) is 69.9 Å². The molecule has 19 heavy (non-hydrogen) atoms. The molecule has 1 saturated heterocycles. The number of nitrogens with two attached hydrogens (primary N) is 1. The molecule has 0 atom stereocenters. The highest BCUT2D eigenvalue weighted by Gasteiger charge is 2.22. The van der Waals surface area contributed by atoms with Crippen molar-refractivity contribution in [1.29, 1.82) is 0 Å². The summed E-state index contributed by atoms with van der Waals surface area (Å²) in [6, 6.07) is 0.268. The number of rotatable bonds is 5. The van der Waals surface area contributed by atoms with Crippen LogP contribution in [0.4, 0.5) is 0 Å². The van der Waals surface area contributed by atoms with Gasteiger partial charge in [-0.3, -0.25) is 14.5 Å². The number of hydrogen-bond acceptors (Lipinski definition) is 4. The lowest BCUT2D eigenvalue weighted by Crippen LogP contribution is -2.47. The highest BCUT2D eigenvalue weighted by atomic mass is 16.2. The van der Waals surface area contributed by atoms with Crippen LogP contribution >= 0.6 is 0 Å². The maximum atomic E-state index is 12.2. The Balaban J connectivity index is 2.43. The van der Waals surface area contributed by atoms with Crippen molar-refractivity contribution in [1.82, 2.24) is 14.7 Å². The maximum absolute atomic E-state index is 12.2. The van der Waals surface area contributed by atoms with Crippen molar-refractivity contribution in [2.75, 3.05) is 46.8 Å². The first-order valence-electron chi connectivity index (χ1n) is 6.90. The van der Waals surface area contributed by atoms with Crippen LogP contribution in [-0.4, -0.2) is 79.4 Å². The third-order valence-electron chi connectivity index (χ3n) is 3.55. The second-order valence-corrected chi connectivity index (χ2v) is 5.31. The molecule has 0 bridgehead atoms. The minimum Gasteiger partial charge on any atom is -0.347 e. The number of likely N-dealkylation sites (N-methyl/N-ethyl adjacent to an activating group) is 2. The van der Waals surface area contributed by atoms with E-state index in [1.165, 1.54) is 4.90 Å². The average molecular weight is 270 g/mol. The predicted molar refractivity (Wildman–Crippen MR) is 74.6 cm³/mol. The molecule has 0 radical (unpaired) electrons. The fourth-order valence-corrected chi connectivity index (χ4v) is 2.08. The number of carbonyl (C=O) groups is 2. The Hall–Kier alpha value is -1.14. The zero-order valence-electron chi connectivity index (χ0n) is 12.3. The number of hydrogen-bond donors (Lipinski definition) is 1. The van der Waals surface area contributed by atoms with Crippen molar-refractivity contribution >= 4 is 11.8 Å². The lowest BCUT2D eigenvalue weighted by Gasteiger charge is -2.31. The van der Waals surface area contributed by atoms with E-state index in [0.717, 1.165) is 25.9 Å². The summed E-state index contributed by atoms with van der Waals surface area (Å²) in [6.07, 6.45) is 1.88. The van der Waals surface area contributed by atoms with Gasteiger partial charge in [0, 0.05) is 39.8 Å². The van der Waals surface area contributed by atoms with Gasteiger partial charge >= 0.3 is 0 Å². The third kappa shape index (κ3) is 5.16. The van der Waals surface area contributed by atoms with Crippen LogP contribution < -0.4 is 5.73 Å². The highest BCUT2D eigenvalue weighted by molar-refractivity contribution is 5.85. The van der Waals surface area contributed by atoms with Crippen molar-refractivity contribution in [2.45, 2.75) is 25.8 Å². The molecule has 0 unspecified atom stereocenters. The quantitative estimate of drug-likeness (QED) is 0.720. The molecule has 1 rings (SSSR count). The van der Waals surface area contributed by atoms with Gasteiger partial charge < -0.3 is 15.5 Å². The Morgan fingerprint density at radius 2 is 1.79 bits per heavy atom. The summed E-state index contributed by atoms with van der Waals surface area (Å²) in [5.74, 6) is -0.0240. The van der Waals surface area contributed by atoms with Crippen LogP contribution in [0.25, 0.3) is 0 Å². The van der Waals surface area contributed by atoms with Crippen LogP contribution in [0.5, 0.6) is 0 Å². The first kappa shape index (κ1) is 15.9. The van der Waals surface area contributed by atoms with Gasteiger partial charge in [0.15, 0.2) is 0 Å². The summed E-state index contributed by atoms with van der Waals surface area (Å²) in [5, 5.41) is 0. The van der Waals surface area contributed by atoms with Crippen LogP contribution in [0, 0.1) is 0 Å². The number of likely N-dealkylation sites (tertiary alicyclic amines) is 1. The second kappa shape index (κ2) is 7.45. The number of amides is 2. The first-order valence-corrected chi connectivity index (χ1v) is 6.90. The standard InChI is InChI=1S/C13H26N4O2/c1-4-17(10-12(18)15(2)3)13(19)9-16-7-5-11(14)6-8-16/h11H,4-10,14H2,1-3H3. The van der Waals surface area contributed by atoms with Gasteiger partial charge in [-0.1, -0.05) is 0 Å². The van der Waals surface area contributed by atoms with Crippen molar-refractivity contribution in [2.24, 2.45) is 5.73 Å². The molecule has 6 nitrogen and oxygen atoms in total. The van der Waals surface area contributed by atoms with Crippen molar-refractivity contribution < 1.29 is 9.59 Å². The predicted octanol–water partition coefficient (Wildman–Crippen LogP) is -0.654. The lowest BCUT2D eigenvalue weighted by atomic mass is 10.1. The number of carbonyl (C=O) groups excluding carboxylic acids is 2. The van der Waals surface area contributed by atoms with Crippen LogP contribution in [-0.2, 0) is 9.59 Å². The molecule has 2 amide bonds. The van der Waals surface area contributed by atoms with Gasteiger partial charge in [-0.05, 0) is 19.8 Å². The number of piperidine rings is 1. The van der Waals surface area contributed by atoms with E-state index in [1.54, 1.807) is 19.0 Å². The summed E-state index contributed by atoms with van der Waals surface area (Å²) < 4.78 is 0. The monoisotopic (exact) mass is 270 g/mol. The molecule has 1 fully saturated rings. The SMILES string of the molecule is CCN(CC(=O)N(C)C)C(=O)CN1CCC(N)CC1. The Morgan fingerprint density at radius 1 is 1.21 bits per heavy atom. The van der Waals surface area contributed by atoms with E-state index in [0.29, 0.717) is 13.1 Å². The van der Waals surface area contributed by atoms with E-state index in [-0.39, 0.29) is 24.4 Å². The molecular formula is C13H26N4O2. The Morgan fingerprint density at radius 3 is 2.26 bits per heavy atom. The summed E-state index contributed by atoms with van der Waals surface area (Å²) in [7, 11) is 3.40. The molecule has 2 N–H and O–H groups in total. The van der Waals surface area contributed by atoms with Crippen LogP contribution in [0.1, 0.15) is 19.8 Å². The average Bonchev–Trinajstić information content (AvgIpc) is 2.38. The van der Waals surface area contributed by atoms with E-state index in [1.807, 2.05) is 6.92 Å². The minimum absolute atomic E-state index is 0.0215. The first-order chi connectivity index (χ1) is 8.93. The van der Waals surface area contributed by atoms with E-state index in [2.05, 4.69) is 4.90 Å². The largest absolute Gasteiger partial charge is 0.347 e. The van der Waals surface area contributed by atoms with Gasteiger partial charge in [-0.15, -0.1) is 0 Å². The molecule has 0 aliphatic carbocycles. The number of nitrogens with zero attached hydrogens (tertiary/aromatic N) is 3. The molecular weight excluding hydrogens is 244 g/mol. The maximum Gasteiger partial charge on any atom is 0.241 e. The summed E-state index contributed by atoms with van der Waals surface area (Å²) in [4.78, 5) is 29.1. The summed E-state index contributed by atoms with van der Waals surface area (Å²) >= 11 is 0. The van der Waals surface area contributed by atoms with Crippen molar-refractivity contribution in [3.05, 3.63) is 0 Å². The third-order valence-corrected chi connectivity index (χ3v) is 3.55. The van der Waals surface area contributed by atoms with E-state index in [9.17, 15) is 9.59 Å². The molecule has 0 aromatic rings. The summed E-state index contributed by atoms with van der Waals surface area (Å²) in [6.45, 7) is 4.74. The molecule has 0 saturated carbocycles.